The third-order valence-electron chi connectivity index (χ3n) is 2.42. The first-order chi connectivity index (χ1) is 9.03. The van der Waals surface area contributed by atoms with Gasteiger partial charge in [-0.2, -0.15) is 0 Å². The van der Waals surface area contributed by atoms with Gasteiger partial charge in [-0.1, -0.05) is 12.1 Å². The van der Waals surface area contributed by atoms with Gasteiger partial charge in [0, 0.05) is 11.4 Å². The van der Waals surface area contributed by atoms with Gasteiger partial charge in [-0.25, -0.2) is 13.1 Å². The van der Waals surface area contributed by atoms with E-state index < -0.39 is 10.0 Å². The van der Waals surface area contributed by atoms with Crippen LogP contribution in [0.4, 0.5) is 0 Å². The molecular weight excluding hydrogens is 350 g/mol. The molecule has 0 bridgehead atoms. The quantitative estimate of drug-likeness (QED) is 0.890. The van der Waals surface area contributed by atoms with Gasteiger partial charge >= 0.3 is 0 Å². The molecule has 0 radical (unpaired) electrons. The smallest absolute Gasteiger partial charge is 0.244 e. The molecule has 2 rings (SSSR count). The maximum atomic E-state index is 12.2. The highest BCUT2D eigenvalue weighted by atomic mass is 79.9. The maximum absolute atomic E-state index is 12.2. The third kappa shape index (κ3) is 3.56. The molecule has 0 amide bonds. The van der Waals surface area contributed by atoms with Crippen molar-refractivity contribution in [1.29, 1.82) is 0 Å². The van der Waals surface area contributed by atoms with Gasteiger partial charge < -0.3 is 4.74 Å². The second kappa shape index (κ2) is 6.04. The molecule has 4 nitrogen and oxygen atoms in total. The molecule has 1 aromatic heterocycles. The molecule has 0 aliphatic heterocycles. The van der Waals surface area contributed by atoms with Crippen molar-refractivity contribution in [3.05, 3.63) is 45.1 Å². The van der Waals surface area contributed by atoms with Gasteiger partial charge in [-0.3, -0.25) is 0 Å². The molecule has 0 spiro atoms. The van der Waals surface area contributed by atoms with Crippen molar-refractivity contribution in [2.45, 2.75) is 11.4 Å². The van der Waals surface area contributed by atoms with E-state index in [1.165, 1.54) is 24.5 Å². The van der Waals surface area contributed by atoms with Crippen LogP contribution in [0.2, 0.25) is 0 Å². The van der Waals surface area contributed by atoms with Gasteiger partial charge in [0.25, 0.3) is 0 Å². The van der Waals surface area contributed by atoms with Crippen molar-refractivity contribution in [3.63, 3.8) is 0 Å². The van der Waals surface area contributed by atoms with E-state index >= 15 is 0 Å². The number of thiophene rings is 1. The monoisotopic (exact) mass is 361 g/mol. The Morgan fingerprint density at radius 1 is 1.26 bits per heavy atom. The number of rotatable bonds is 5. The predicted octanol–water partition coefficient (Wildman–Crippen LogP) is 3.00. The molecule has 0 unspecified atom stereocenters. The summed E-state index contributed by atoms with van der Waals surface area (Å²) in [6.45, 7) is 0.261. The summed E-state index contributed by atoms with van der Waals surface area (Å²) >= 11 is 4.83. The van der Waals surface area contributed by atoms with Gasteiger partial charge in [0.2, 0.25) is 10.0 Å². The van der Waals surface area contributed by atoms with Crippen LogP contribution in [-0.4, -0.2) is 15.5 Å². The zero-order valence-electron chi connectivity index (χ0n) is 10.1. The van der Waals surface area contributed by atoms with E-state index in [4.69, 9.17) is 4.74 Å². The number of benzene rings is 1. The summed E-state index contributed by atoms with van der Waals surface area (Å²) in [5, 5.41) is 0. The summed E-state index contributed by atoms with van der Waals surface area (Å²) in [6.07, 6.45) is 0. The maximum Gasteiger partial charge on any atom is 0.244 e. The van der Waals surface area contributed by atoms with Crippen molar-refractivity contribution < 1.29 is 13.2 Å². The highest BCUT2D eigenvalue weighted by Crippen LogP contribution is 2.24. The van der Waals surface area contributed by atoms with E-state index in [-0.39, 0.29) is 11.4 Å². The van der Waals surface area contributed by atoms with Crippen LogP contribution in [0.15, 0.2) is 45.1 Å². The van der Waals surface area contributed by atoms with Crippen LogP contribution < -0.4 is 9.46 Å². The molecule has 0 fully saturated rings. The summed E-state index contributed by atoms with van der Waals surface area (Å²) in [7, 11) is -2.13. The van der Waals surface area contributed by atoms with Crippen LogP contribution in [0, 0.1) is 0 Å². The Morgan fingerprint density at radius 2 is 2.00 bits per heavy atom. The summed E-state index contributed by atoms with van der Waals surface area (Å²) in [5.41, 5.74) is 0. The second-order valence-electron chi connectivity index (χ2n) is 3.68. The Morgan fingerprint density at radius 3 is 2.63 bits per heavy atom. The summed E-state index contributed by atoms with van der Waals surface area (Å²) in [5.74, 6) is 0.336. The Bertz CT molecular complexity index is 667. The lowest BCUT2D eigenvalue weighted by molar-refractivity contribution is 0.402. The molecule has 0 saturated carbocycles. The van der Waals surface area contributed by atoms with E-state index in [0.29, 0.717) is 5.75 Å². The molecule has 1 aromatic carbocycles. The first-order valence-corrected chi connectivity index (χ1v) is 8.49. The van der Waals surface area contributed by atoms with Crippen LogP contribution in [0.25, 0.3) is 0 Å². The third-order valence-corrected chi connectivity index (χ3v) is 5.49. The number of para-hydroxylation sites is 1. The molecule has 1 N–H and O–H groups in total. The molecule has 2 aromatic rings. The number of methoxy groups -OCH3 is 1. The van der Waals surface area contributed by atoms with E-state index in [1.54, 1.807) is 18.2 Å². The summed E-state index contributed by atoms with van der Waals surface area (Å²) in [4.78, 5) is 1.08. The number of hydrogen-bond donors (Lipinski definition) is 1. The van der Waals surface area contributed by atoms with Crippen molar-refractivity contribution in [3.8, 4) is 5.75 Å². The van der Waals surface area contributed by atoms with E-state index in [0.717, 1.165) is 8.66 Å². The zero-order chi connectivity index (χ0) is 13.9. The zero-order valence-corrected chi connectivity index (χ0v) is 13.3. The number of ether oxygens (including phenoxy) is 1. The first-order valence-electron chi connectivity index (χ1n) is 5.40. The van der Waals surface area contributed by atoms with Crippen molar-refractivity contribution in [2.75, 3.05) is 7.11 Å². The highest BCUT2D eigenvalue weighted by molar-refractivity contribution is 9.11. The SMILES string of the molecule is COc1ccccc1S(=O)(=O)NCc1ccc(Br)s1. The van der Waals surface area contributed by atoms with E-state index in [1.807, 2.05) is 12.1 Å². The van der Waals surface area contributed by atoms with Crippen molar-refractivity contribution >= 4 is 37.3 Å². The summed E-state index contributed by atoms with van der Waals surface area (Å²) in [6, 6.07) is 10.3. The largest absolute Gasteiger partial charge is 0.495 e. The second-order valence-corrected chi connectivity index (χ2v) is 7.96. The lowest BCUT2D eigenvalue weighted by Gasteiger charge is -2.09. The lowest BCUT2D eigenvalue weighted by Crippen LogP contribution is -2.23. The molecule has 0 aliphatic carbocycles. The van der Waals surface area contributed by atoms with Crippen LogP contribution in [-0.2, 0) is 16.6 Å². The molecule has 0 saturated heterocycles. The minimum absolute atomic E-state index is 0.146. The highest BCUT2D eigenvalue weighted by Gasteiger charge is 2.18. The number of nitrogens with one attached hydrogen (secondary N) is 1. The van der Waals surface area contributed by atoms with Gasteiger partial charge in [0.1, 0.15) is 10.6 Å². The van der Waals surface area contributed by atoms with E-state index in [9.17, 15) is 8.42 Å². The van der Waals surface area contributed by atoms with Crippen LogP contribution in [0.3, 0.4) is 0 Å². The Balaban J connectivity index is 2.18. The average Bonchev–Trinajstić information content (AvgIpc) is 2.82. The minimum Gasteiger partial charge on any atom is -0.495 e. The molecule has 102 valence electrons. The molecule has 7 heteroatoms. The van der Waals surface area contributed by atoms with Crippen LogP contribution >= 0.6 is 27.3 Å². The number of halogens is 1. The van der Waals surface area contributed by atoms with Crippen LogP contribution in [0.1, 0.15) is 4.88 Å². The van der Waals surface area contributed by atoms with Gasteiger partial charge in [0.15, 0.2) is 0 Å². The fraction of sp³-hybridized carbons (Fsp3) is 0.167. The topological polar surface area (TPSA) is 55.4 Å². The average molecular weight is 362 g/mol. The lowest BCUT2D eigenvalue weighted by atomic mass is 10.3. The molecule has 0 aliphatic rings. The van der Waals surface area contributed by atoms with Crippen LogP contribution in [0.5, 0.6) is 5.75 Å². The predicted molar refractivity (Wildman–Crippen MR) is 79.0 cm³/mol. The molecule has 1 heterocycles. The standard InChI is InChI=1S/C12H12BrNO3S2/c1-17-10-4-2-3-5-11(10)19(15,16)14-8-9-6-7-12(13)18-9/h2-7,14H,8H2,1H3. The molecule has 19 heavy (non-hydrogen) atoms. The summed E-state index contributed by atoms with van der Waals surface area (Å²) < 4.78 is 33.0. The Kier molecular flexibility index (Phi) is 4.62. The normalized spacial score (nSPS) is 11.5. The van der Waals surface area contributed by atoms with Gasteiger partial charge in [-0.05, 0) is 40.2 Å². The Labute approximate surface area is 124 Å². The molecular formula is C12H12BrNO3S2. The first kappa shape index (κ1) is 14.5. The number of sulfonamides is 1. The fourth-order valence-electron chi connectivity index (χ4n) is 1.53. The Hall–Kier alpha value is -0.890. The number of hydrogen-bond acceptors (Lipinski definition) is 4. The van der Waals surface area contributed by atoms with Gasteiger partial charge in [-0.15, -0.1) is 11.3 Å². The van der Waals surface area contributed by atoms with Gasteiger partial charge in [0.05, 0.1) is 10.9 Å². The van der Waals surface area contributed by atoms with Crippen molar-refractivity contribution in [2.24, 2.45) is 0 Å². The fourth-order valence-corrected chi connectivity index (χ4v) is 4.22. The van der Waals surface area contributed by atoms with Crippen molar-refractivity contribution in [1.82, 2.24) is 4.72 Å². The minimum atomic E-state index is -3.58. The molecule has 0 atom stereocenters. The van der Waals surface area contributed by atoms with E-state index in [2.05, 4.69) is 20.7 Å².